The normalized spacial score (nSPS) is 25.8. The Hall–Kier alpha value is -1.34. The molecule has 98 valence electrons. The van der Waals surface area contributed by atoms with Crippen molar-refractivity contribution < 1.29 is 13.2 Å². The molecule has 18 heavy (non-hydrogen) atoms. The third-order valence-electron chi connectivity index (χ3n) is 2.67. The van der Waals surface area contributed by atoms with Crippen LogP contribution in [0.5, 0.6) is 0 Å². The van der Waals surface area contributed by atoms with Crippen LogP contribution in [0.15, 0.2) is 23.3 Å². The molecular weight excluding hydrogens is 280 g/mol. The molecule has 2 unspecified atom stereocenters. The molecule has 0 aliphatic carbocycles. The lowest BCUT2D eigenvalue weighted by Crippen LogP contribution is -2.42. The molecule has 1 aromatic rings. The van der Waals surface area contributed by atoms with Gasteiger partial charge in [-0.2, -0.15) is 0 Å². The van der Waals surface area contributed by atoms with E-state index in [9.17, 15) is 18.0 Å². The van der Waals surface area contributed by atoms with Gasteiger partial charge in [-0.05, 0) is 0 Å². The molecule has 0 bridgehead atoms. The van der Waals surface area contributed by atoms with Gasteiger partial charge < -0.3 is 10.3 Å². The summed E-state index contributed by atoms with van der Waals surface area (Å²) in [6.07, 6.45) is 2.67. The number of sulfone groups is 1. The van der Waals surface area contributed by atoms with E-state index in [1.807, 2.05) is 0 Å². The van der Waals surface area contributed by atoms with E-state index in [4.69, 9.17) is 11.6 Å². The second kappa shape index (κ2) is 4.74. The molecule has 0 aromatic carbocycles. The first-order chi connectivity index (χ1) is 8.39. The topological polar surface area (TPSA) is 96.1 Å². The van der Waals surface area contributed by atoms with E-state index < -0.39 is 32.6 Å². The number of nitrogens with one attached hydrogen (secondary N) is 2. The number of pyridine rings is 1. The van der Waals surface area contributed by atoms with Crippen LogP contribution in [-0.4, -0.2) is 42.2 Å². The predicted octanol–water partition coefficient (Wildman–Crippen LogP) is -0.491. The molecular formula is C10H11ClN2O4S. The average Bonchev–Trinajstić information content (AvgIpc) is 2.52. The molecule has 1 aliphatic heterocycles. The summed E-state index contributed by atoms with van der Waals surface area (Å²) < 4.78 is 22.7. The van der Waals surface area contributed by atoms with E-state index in [1.54, 1.807) is 0 Å². The van der Waals surface area contributed by atoms with Crippen LogP contribution < -0.4 is 10.7 Å². The van der Waals surface area contributed by atoms with Crippen LogP contribution in [0.2, 0.25) is 0 Å². The fourth-order valence-corrected chi connectivity index (χ4v) is 4.33. The summed E-state index contributed by atoms with van der Waals surface area (Å²) in [5.74, 6) is -0.980. The Labute approximate surface area is 108 Å². The van der Waals surface area contributed by atoms with Crippen LogP contribution in [0, 0.1) is 0 Å². The van der Waals surface area contributed by atoms with Crippen molar-refractivity contribution in [3.05, 3.63) is 34.2 Å². The van der Waals surface area contributed by atoms with E-state index in [-0.39, 0.29) is 17.1 Å². The highest BCUT2D eigenvalue weighted by molar-refractivity contribution is 7.91. The first-order valence-corrected chi connectivity index (χ1v) is 7.47. The number of aromatic nitrogens is 1. The SMILES string of the molecule is O=C(NC1CS(=O)(=O)CC1Cl)c1c[nH]ccc1=O. The number of hydrogen-bond acceptors (Lipinski definition) is 4. The quantitative estimate of drug-likeness (QED) is 0.718. The Morgan fingerprint density at radius 3 is 2.72 bits per heavy atom. The van der Waals surface area contributed by atoms with E-state index >= 15 is 0 Å². The largest absolute Gasteiger partial charge is 0.367 e. The van der Waals surface area contributed by atoms with Crippen LogP contribution >= 0.6 is 11.6 Å². The Morgan fingerprint density at radius 1 is 1.44 bits per heavy atom. The van der Waals surface area contributed by atoms with E-state index in [0.717, 1.165) is 0 Å². The number of alkyl halides is 1. The Balaban J connectivity index is 2.14. The van der Waals surface area contributed by atoms with Gasteiger partial charge in [-0.1, -0.05) is 0 Å². The van der Waals surface area contributed by atoms with Crippen molar-refractivity contribution in [1.29, 1.82) is 0 Å². The van der Waals surface area contributed by atoms with Gasteiger partial charge in [0.1, 0.15) is 5.56 Å². The summed E-state index contributed by atoms with van der Waals surface area (Å²) in [6, 6.07) is 0.558. The molecule has 2 N–H and O–H groups in total. The first-order valence-electron chi connectivity index (χ1n) is 5.21. The van der Waals surface area contributed by atoms with Crippen LogP contribution in [-0.2, 0) is 9.84 Å². The van der Waals surface area contributed by atoms with Gasteiger partial charge in [-0.15, -0.1) is 11.6 Å². The number of aromatic amines is 1. The standard InChI is InChI=1S/C10H11ClN2O4S/c11-7-4-18(16,17)5-8(7)13-10(15)6-3-12-2-1-9(6)14/h1-3,7-8H,4-5H2,(H,12,14)(H,13,15). The van der Waals surface area contributed by atoms with Gasteiger partial charge in [0.25, 0.3) is 5.91 Å². The van der Waals surface area contributed by atoms with Crippen molar-refractivity contribution in [3.63, 3.8) is 0 Å². The van der Waals surface area contributed by atoms with E-state index in [1.165, 1.54) is 18.5 Å². The number of H-pyrrole nitrogens is 1. The highest BCUT2D eigenvalue weighted by Crippen LogP contribution is 2.18. The molecule has 0 saturated carbocycles. The highest BCUT2D eigenvalue weighted by atomic mass is 35.5. The molecule has 2 atom stereocenters. The number of carbonyl (C=O) groups excluding carboxylic acids is 1. The lowest BCUT2D eigenvalue weighted by molar-refractivity contribution is 0.0940. The minimum absolute atomic E-state index is 0.0642. The molecule has 2 rings (SSSR count). The van der Waals surface area contributed by atoms with Gasteiger partial charge >= 0.3 is 0 Å². The van der Waals surface area contributed by atoms with Crippen molar-refractivity contribution in [2.24, 2.45) is 0 Å². The second-order valence-electron chi connectivity index (χ2n) is 4.10. The molecule has 1 fully saturated rings. The molecule has 1 amide bonds. The number of carbonyl (C=O) groups is 1. The molecule has 8 heteroatoms. The number of amides is 1. The average molecular weight is 291 g/mol. The van der Waals surface area contributed by atoms with Gasteiger partial charge in [-0.3, -0.25) is 9.59 Å². The van der Waals surface area contributed by atoms with Crippen LogP contribution in [0.3, 0.4) is 0 Å². The lowest BCUT2D eigenvalue weighted by Gasteiger charge is -2.13. The maximum atomic E-state index is 11.8. The summed E-state index contributed by atoms with van der Waals surface area (Å²) >= 11 is 5.85. The third kappa shape index (κ3) is 2.73. The molecule has 1 saturated heterocycles. The zero-order chi connectivity index (χ0) is 13.3. The van der Waals surface area contributed by atoms with Crippen molar-refractivity contribution in [3.8, 4) is 0 Å². The Kier molecular flexibility index (Phi) is 3.45. The van der Waals surface area contributed by atoms with Crippen LogP contribution in [0.1, 0.15) is 10.4 Å². The fraction of sp³-hybridized carbons (Fsp3) is 0.400. The zero-order valence-electron chi connectivity index (χ0n) is 9.22. The van der Waals surface area contributed by atoms with Crippen molar-refractivity contribution in [2.75, 3.05) is 11.5 Å². The number of halogens is 1. The van der Waals surface area contributed by atoms with Crippen LogP contribution in [0.4, 0.5) is 0 Å². The molecule has 0 spiro atoms. The maximum absolute atomic E-state index is 11.8. The van der Waals surface area contributed by atoms with Gasteiger partial charge in [-0.25, -0.2) is 8.42 Å². The van der Waals surface area contributed by atoms with Crippen molar-refractivity contribution in [2.45, 2.75) is 11.4 Å². The highest BCUT2D eigenvalue weighted by Gasteiger charge is 2.37. The Bertz CT molecular complexity index is 625. The monoisotopic (exact) mass is 290 g/mol. The molecule has 6 nitrogen and oxygen atoms in total. The summed E-state index contributed by atoms with van der Waals surface area (Å²) in [7, 11) is -3.22. The molecule has 2 heterocycles. The summed E-state index contributed by atoms with van der Waals surface area (Å²) in [6.45, 7) is 0. The van der Waals surface area contributed by atoms with Crippen LogP contribution in [0.25, 0.3) is 0 Å². The maximum Gasteiger partial charge on any atom is 0.257 e. The van der Waals surface area contributed by atoms with Crippen molar-refractivity contribution >= 4 is 27.3 Å². The zero-order valence-corrected chi connectivity index (χ0v) is 10.8. The summed E-state index contributed by atoms with van der Waals surface area (Å²) in [4.78, 5) is 25.8. The molecule has 0 radical (unpaired) electrons. The smallest absolute Gasteiger partial charge is 0.257 e. The van der Waals surface area contributed by atoms with E-state index in [2.05, 4.69) is 10.3 Å². The molecule has 1 aliphatic rings. The minimum atomic E-state index is -3.22. The molecule has 1 aromatic heterocycles. The van der Waals surface area contributed by atoms with Gasteiger partial charge in [0.15, 0.2) is 15.3 Å². The second-order valence-corrected chi connectivity index (χ2v) is 6.81. The Morgan fingerprint density at radius 2 is 2.17 bits per heavy atom. The lowest BCUT2D eigenvalue weighted by atomic mass is 10.2. The summed E-state index contributed by atoms with van der Waals surface area (Å²) in [5, 5.41) is 1.81. The van der Waals surface area contributed by atoms with Gasteiger partial charge in [0.05, 0.1) is 22.9 Å². The van der Waals surface area contributed by atoms with Gasteiger partial charge in [0, 0.05) is 18.5 Å². The number of rotatable bonds is 2. The van der Waals surface area contributed by atoms with Crippen molar-refractivity contribution in [1.82, 2.24) is 10.3 Å². The minimum Gasteiger partial charge on any atom is -0.367 e. The predicted molar refractivity (Wildman–Crippen MR) is 66.6 cm³/mol. The summed E-state index contributed by atoms with van der Waals surface area (Å²) in [5.41, 5.74) is -0.496. The fourth-order valence-electron chi connectivity index (χ4n) is 1.78. The van der Waals surface area contributed by atoms with E-state index in [0.29, 0.717) is 0 Å². The number of hydrogen-bond donors (Lipinski definition) is 2. The third-order valence-corrected chi connectivity index (χ3v) is 5.04. The first kappa shape index (κ1) is 13.1. The van der Waals surface area contributed by atoms with Gasteiger partial charge in [0.2, 0.25) is 0 Å².